The molecule has 0 unspecified atom stereocenters. The summed E-state index contributed by atoms with van der Waals surface area (Å²) in [7, 11) is 0. The molecule has 0 aliphatic carbocycles. The third-order valence-electron chi connectivity index (χ3n) is 2.94. The molecule has 0 aliphatic heterocycles. The topological polar surface area (TPSA) is 49.8 Å². The molecule has 0 amide bonds. The molecule has 3 aromatic rings. The fourth-order valence-electron chi connectivity index (χ4n) is 2.08. The molecule has 0 saturated heterocycles. The number of halogens is 1. The molecule has 2 aromatic heterocycles. The van der Waals surface area contributed by atoms with Gasteiger partial charge in [0.2, 0.25) is 5.95 Å². The highest BCUT2D eigenvalue weighted by atomic mass is 127. The van der Waals surface area contributed by atoms with E-state index in [9.17, 15) is 0 Å². The van der Waals surface area contributed by atoms with E-state index in [0.29, 0.717) is 5.95 Å². The number of anilines is 3. The van der Waals surface area contributed by atoms with Gasteiger partial charge < -0.3 is 10.6 Å². The molecule has 1 aromatic carbocycles. The Morgan fingerprint density at radius 1 is 1.24 bits per heavy atom. The average Bonchev–Trinajstić information content (AvgIpc) is 2.80. The largest absolute Gasteiger partial charge is 0.354 e. The molecule has 21 heavy (non-hydrogen) atoms. The molecule has 108 valence electrons. The molecule has 4 nitrogen and oxygen atoms in total. The first-order valence-corrected chi connectivity index (χ1v) is 8.60. The van der Waals surface area contributed by atoms with Crippen molar-refractivity contribution in [3.63, 3.8) is 0 Å². The lowest BCUT2D eigenvalue weighted by molar-refractivity contribution is 1.11. The summed E-state index contributed by atoms with van der Waals surface area (Å²) in [6.07, 6.45) is 0. The summed E-state index contributed by atoms with van der Waals surface area (Å²) in [6.45, 7) is 4.94. The Labute approximate surface area is 141 Å². The minimum Gasteiger partial charge on any atom is -0.354 e. The predicted molar refractivity (Wildman–Crippen MR) is 98.8 cm³/mol. The van der Waals surface area contributed by atoms with E-state index in [1.165, 1.54) is 8.45 Å². The van der Waals surface area contributed by atoms with Gasteiger partial charge in [0, 0.05) is 20.7 Å². The molecule has 0 atom stereocenters. The molecule has 0 bridgehead atoms. The van der Waals surface area contributed by atoms with Crippen molar-refractivity contribution in [2.24, 2.45) is 0 Å². The average molecular weight is 410 g/mol. The van der Waals surface area contributed by atoms with Gasteiger partial charge in [-0.15, -0.1) is 11.3 Å². The lowest BCUT2D eigenvalue weighted by Crippen LogP contribution is -2.04. The van der Waals surface area contributed by atoms with Crippen LogP contribution < -0.4 is 10.6 Å². The molecule has 3 rings (SSSR count). The highest BCUT2D eigenvalue weighted by Crippen LogP contribution is 2.31. The van der Waals surface area contributed by atoms with Crippen molar-refractivity contribution in [1.29, 1.82) is 0 Å². The minimum absolute atomic E-state index is 0.667. The lowest BCUT2D eigenvalue weighted by Gasteiger charge is -2.09. The Morgan fingerprint density at radius 2 is 2.10 bits per heavy atom. The predicted octanol–water partition coefficient (Wildman–Crippen LogP) is 4.78. The number of hydrogen-bond acceptors (Lipinski definition) is 5. The number of nitrogens with zero attached hydrogens (tertiary/aromatic N) is 2. The van der Waals surface area contributed by atoms with E-state index in [4.69, 9.17) is 0 Å². The molecule has 2 heterocycles. The zero-order chi connectivity index (χ0) is 14.8. The van der Waals surface area contributed by atoms with Crippen LogP contribution in [0.25, 0.3) is 10.2 Å². The van der Waals surface area contributed by atoms with Crippen LogP contribution in [-0.4, -0.2) is 16.5 Å². The van der Waals surface area contributed by atoms with Gasteiger partial charge in [-0.1, -0.05) is 6.07 Å². The minimum atomic E-state index is 0.667. The molecular weight excluding hydrogens is 395 g/mol. The van der Waals surface area contributed by atoms with E-state index >= 15 is 0 Å². The van der Waals surface area contributed by atoms with E-state index in [1.807, 2.05) is 19.1 Å². The van der Waals surface area contributed by atoms with Crippen LogP contribution >= 0.6 is 33.9 Å². The Bertz CT molecular complexity index is 784. The first kappa shape index (κ1) is 14.5. The molecule has 0 spiro atoms. The van der Waals surface area contributed by atoms with Crippen LogP contribution in [0, 0.1) is 10.5 Å². The lowest BCUT2D eigenvalue weighted by atomic mass is 10.3. The van der Waals surface area contributed by atoms with E-state index in [2.05, 4.69) is 68.3 Å². The number of hydrogen-bond donors (Lipinski definition) is 2. The summed E-state index contributed by atoms with van der Waals surface area (Å²) in [4.78, 5) is 11.4. The van der Waals surface area contributed by atoms with Crippen molar-refractivity contribution in [2.75, 3.05) is 17.2 Å². The molecule has 0 aliphatic rings. The second-order valence-electron chi connectivity index (χ2n) is 4.64. The highest BCUT2D eigenvalue weighted by Gasteiger charge is 2.10. The summed E-state index contributed by atoms with van der Waals surface area (Å²) in [5.41, 5.74) is 1.04. The van der Waals surface area contributed by atoms with Gasteiger partial charge >= 0.3 is 0 Å². The van der Waals surface area contributed by atoms with Gasteiger partial charge in [0.05, 0.1) is 5.39 Å². The summed E-state index contributed by atoms with van der Waals surface area (Å²) in [5.74, 6) is 1.52. The van der Waals surface area contributed by atoms with Gasteiger partial charge in [0.25, 0.3) is 0 Å². The summed E-state index contributed by atoms with van der Waals surface area (Å²) in [6, 6.07) is 10.4. The summed E-state index contributed by atoms with van der Waals surface area (Å²) >= 11 is 3.99. The third kappa shape index (κ3) is 3.26. The van der Waals surface area contributed by atoms with E-state index in [1.54, 1.807) is 11.3 Å². The van der Waals surface area contributed by atoms with Crippen molar-refractivity contribution < 1.29 is 0 Å². The van der Waals surface area contributed by atoms with Crippen LogP contribution in [0.3, 0.4) is 0 Å². The summed E-state index contributed by atoms with van der Waals surface area (Å²) in [5, 5.41) is 7.67. The monoisotopic (exact) mass is 410 g/mol. The maximum atomic E-state index is 4.60. The van der Waals surface area contributed by atoms with Crippen LogP contribution in [0.1, 0.15) is 11.8 Å². The molecule has 0 fully saturated rings. The van der Waals surface area contributed by atoms with E-state index in [0.717, 1.165) is 28.3 Å². The molecule has 0 radical (unpaired) electrons. The number of nitrogens with one attached hydrogen (secondary N) is 2. The summed E-state index contributed by atoms with van der Waals surface area (Å²) < 4.78 is 1.19. The van der Waals surface area contributed by atoms with Crippen molar-refractivity contribution >= 4 is 61.6 Å². The van der Waals surface area contributed by atoms with Crippen LogP contribution in [0.4, 0.5) is 17.5 Å². The number of benzene rings is 1. The van der Waals surface area contributed by atoms with Crippen LogP contribution in [0.15, 0.2) is 30.3 Å². The molecule has 6 heteroatoms. The molecule has 2 N–H and O–H groups in total. The maximum absolute atomic E-state index is 4.60. The third-order valence-corrected chi connectivity index (χ3v) is 4.55. The normalized spacial score (nSPS) is 10.8. The molecular formula is C15H15IN4S. The van der Waals surface area contributed by atoms with Crippen molar-refractivity contribution in [1.82, 2.24) is 9.97 Å². The van der Waals surface area contributed by atoms with Gasteiger partial charge in [-0.3, -0.25) is 0 Å². The van der Waals surface area contributed by atoms with Gasteiger partial charge in [-0.2, -0.15) is 4.98 Å². The number of fused-ring (bicyclic) bond motifs is 1. The Hall–Kier alpha value is -1.41. The fraction of sp³-hybridized carbons (Fsp3) is 0.200. The highest BCUT2D eigenvalue weighted by molar-refractivity contribution is 14.1. The number of aromatic nitrogens is 2. The standard InChI is InChI=1S/C15H15IN4S/c1-3-17-15-19-13(12-7-9(2)21-14(12)20-15)18-11-6-4-5-10(16)8-11/h4-8H,3H2,1-2H3,(H2,17,18,19,20). The number of aryl methyl sites for hydroxylation is 1. The van der Waals surface area contributed by atoms with Crippen LogP contribution in [-0.2, 0) is 0 Å². The molecule has 0 saturated carbocycles. The fourth-order valence-corrected chi connectivity index (χ4v) is 3.50. The maximum Gasteiger partial charge on any atom is 0.226 e. The zero-order valence-electron chi connectivity index (χ0n) is 11.8. The quantitative estimate of drug-likeness (QED) is 0.608. The first-order valence-electron chi connectivity index (χ1n) is 6.70. The number of thiophene rings is 1. The smallest absolute Gasteiger partial charge is 0.226 e. The van der Waals surface area contributed by atoms with E-state index < -0.39 is 0 Å². The van der Waals surface area contributed by atoms with Gasteiger partial charge in [-0.25, -0.2) is 4.98 Å². The Kier molecular flexibility index (Phi) is 4.25. The van der Waals surface area contributed by atoms with Crippen LogP contribution in [0.2, 0.25) is 0 Å². The first-order chi connectivity index (χ1) is 10.2. The second kappa shape index (κ2) is 6.15. The van der Waals surface area contributed by atoms with Crippen molar-refractivity contribution in [2.45, 2.75) is 13.8 Å². The zero-order valence-corrected chi connectivity index (χ0v) is 14.7. The SMILES string of the molecule is CCNc1nc(Nc2cccc(I)c2)c2cc(C)sc2n1. The number of rotatable bonds is 4. The Balaban J connectivity index is 2.06. The second-order valence-corrected chi connectivity index (χ2v) is 7.12. The van der Waals surface area contributed by atoms with Gasteiger partial charge in [-0.05, 0) is 60.7 Å². The van der Waals surface area contributed by atoms with Crippen molar-refractivity contribution in [3.8, 4) is 0 Å². The van der Waals surface area contributed by atoms with E-state index in [-0.39, 0.29) is 0 Å². The van der Waals surface area contributed by atoms with Crippen molar-refractivity contribution in [3.05, 3.63) is 38.8 Å². The van der Waals surface area contributed by atoms with Gasteiger partial charge in [0.1, 0.15) is 10.6 Å². The Morgan fingerprint density at radius 3 is 2.86 bits per heavy atom. The van der Waals surface area contributed by atoms with Gasteiger partial charge in [0.15, 0.2) is 0 Å². The van der Waals surface area contributed by atoms with Crippen LogP contribution in [0.5, 0.6) is 0 Å².